The number of likely N-dealkylation sites (tertiary alicyclic amines) is 1. The van der Waals surface area contributed by atoms with Crippen LogP contribution in [-0.4, -0.2) is 73.8 Å². The SMILES string of the molecule is COCCOCC(O)CN1CCC(C)(C(=O)O)C1. The van der Waals surface area contributed by atoms with Crippen molar-refractivity contribution in [3.8, 4) is 0 Å². The van der Waals surface area contributed by atoms with Crippen LogP contribution < -0.4 is 0 Å². The fourth-order valence-corrected chi connectivity index (χ4v) is 2.10. The van der Waals surface area contributed by atoms with Crippen molar-refractivity contribution in [2.24, 2.45) is 5.41 Å². The van der Waals surface area contributed by atoms with Gasteiger partial charge in [-0.3, -0.25) is 9.69 Å². The number of nitrogens with zero attached hydrogens (tertiary/aromatic N) is 1. The first-order chi connectivity index (χ1) is 8.48. The summed E-state index contributed by atoms with van der Waals surface area (Å²) in [7, 11) is 1.59. The largest absolute Gasteiger partial charge is 0.481 e. The van der Waals surface area contributed by atoms with Gasteiger partial charge in [0.1, 0.15) is 0 Å². The van der Waals surface area contributed by atoms with Crippen LogP contribution in [0, 0.1) is 5.41 Å². The Labute approximate surface area is 107 Å². The van der Waals surface area contributed by atoms with Crippen LogP contribution in [0.4, 0.5) is 0 Å². The summed E-state index contributed by atoms with van der Waals surface area (Å²) in [4.78, 5) is 13.0. The lowest BCUT2D eigenvalue weighted by Gasteiger charge is -2.22. The van der Waals surface area contributed by atoms with Crippen LogP contribution in [0.5, 0.6) is 0 Å². The van der Waals surface area contributed by atoms with Crippen LogP contribution in [0.3, 0.4) is 0 Å². The lowest BCUT2D eigenvalue weighted by atomic mass is 9.90. The molecule has 2 N–H and O–H groups in total. The zero-order chi connectivity index (χ0) is 13.6. The van der Waals surface area contributed by atoms with E-state index in [-0.39, 0.29) is 6.61 Å². The fraction of sp³-hybridized carbons (Fsp3) is 0.917. The first-order valence-corrected chi connectivity index (χ1v) is 6.18. The van der Waals surface area contributed by atoms with Crippen molar-refractivity contribution in [2.45, 2.75) is 19.4 Å². The molecule has 0 saturated carbocycles. The molecule has 1 aliphatic rings. The van der Waals surface area contributed by atoms with Gasteiger partial charge in [-0.15, -0.1) is 0 Å². The van der Waals surface area contributed by atoms with Crippen LogP contribution in [0.1, 0.15) is 13.3 Å². The summed E-state index contributed by atoms with van der Waals surface area (Å²) >= 11 is 0. The molecule has 0 aromatic heterocycles. The predicted molar refractivity (Wildman–Crippen MR) is 65.5 cm³/mol. The number of hydrogen-bond donors (Lipinski definition) is 2. The first kappa shape index (κ1) is 15.4. The van der Waals surface area contributed by atoms with Gasteiger partial charge in [0.15, 0.2) is 0 Å². The molecule has 0 amide bonds. The highest BCUT2D eigenvalue weighted by Gasteiger charge is 2.40. The van der Waals surface area contributed by atoms with Crippen molar-refractivity contribution >= 4 is 5.97 Å². The van der Waals surface area contributed by atoms with E-state index < -0.39 is 17.5 Å². The molecule has 106 valence electrons. The highest BCUT2D eigenvalue weighted by Crippen LogP contribution is 2.29. The molecule has 1 aliphatic heterocycles. The van der Waals surface area contributed by atoms with Gasteiger partial charge in [0, 0.05) is 20.2 Å². The zero-order valence-corrected chi connectivity index (χ0v) is 11.1. The number of carbonyl (C=O) groups is 1. The van der Waals surface area contributed by atoms with E-state index in [0.717, 1.165) is 0 Å². The average molecular weight is 261 g/mol. The van der Waals surface area contributed by atoms with Gasteiger partial charge in [0.05, 0.1) is 31.3 Å². The fourth-order valence-electron chi connectivity index (χ4n) is 2.10. The highest BCUT2D eigenvalue weighted by molar-refractivity contribution is 5.74. The van der Waals surface area contributed by atoms with Crippen molar-refractivity contribution in [2.75, 3.05) is 46.6 Å². The topological polar surface area (TPSA) is 79.2 Å². The molecule has 0 bridgehead atoms. The summed E-state index contributed by atoms with van der Waals surface area (Å²) in [5, 5.41) is 18.9. The Bertz CT molecular complexity index is 273. The van der Waals surface area contributed by atoms with Crippen molar-refractivity contribution in [1.29, 1.82) is 0 Å². The quantitative estimate of drug-likeness (QED) is 0.589. The molecular formula is C12H23NO5. The van der Waals surface area contributed by atoms with E-state index in [1.54, 1.807) is 14.0 Å². The van der Waals surface area contributed by atoms with Crippen LogP contribution in [0.15, 0.2) is 0 Å². The molecular weight excluding hydrogens is 238 g/mol. The number of rotatable bonds is 8. The number of carboxylic acid groups (broad SMARTS) is 1. The molecule has 1 fully saturated rings. The van der Waals surface area contributed by atoms with Gasteiger partial charge >= 0.3 is 5.97 Å². The van der Waals surface area contributed by atoms with E-state index in [9.17, 15) is 9.90 Å². The third-order valence-electron chi connectivity index (χ3n) is 3.28. The van der Waals surface area contributed by atoms with E-state index in [1.165, 1.54) is 0 Å². The minimum absolute atomic E-state index is 0.254. The summed E-state index contributed by atoms with van der Waals surface area (Å²) in [6, 6.07) is 0. The molecule has 0 radical (unpaired) electrons. The van der Waals surface area contributed by atoms with E-state index >= 15 is 0 Å². The molecule has 1 heterocycles. The van der Waals surface area contributed by atoms with Gasteiger partial charge in [-0.2, -0.15) is 0 Å². The van der Waals surface area contributed by atoms with Gasteiger partial charge in [0.25, 0.3) is 0 Å². The Kier molecular flexibility index (Phi) is 6.01. The standard InChI is InChI=1S/C12H23NO5/c1-12(11(15)16)3-4-13(9-12)7-10(14)8-18-6-5-17-2/h10,14H,3-9H2,1-2H3,(H,15,16). The number of carboxylic acids is 1. The van der Waals surface area contributed by atoms with E-state index in [2.05, 4.69) is 0 Å². The van der Waals surface area contributed by atoms with E-state index in [0.29, 0.717) is 39.3 Å². The number of hydrogen-bond acceptors (Lipinski definition) is 5. The minimum Gasteiger partial charge on any atom is -0.481 e. The molecule has 1 rings (SSSR count). The smallest absolute Gasteiger partial charge is 0.310 e. The summed E-state index contributed by atoms with van der Waals surface area (Å²) in [6.45, 7) is 4.61. The highest BCUT2D eigenvalue weighted by atomic mass is 16.5. The van der Waals surface area contributed by atoms with E-state index in [4.69, 9.17) is 14.6 Å². The molecule has 1 saturated heterocycles. The molecule has 0 aromatic rings. The Morgan fingerprint density at radius 1 is 1.50 bits per heavy atom. The lowest BCUT2D eigenvalue weighted by molar-refractivity contribution is -0.147. The Hall–Kier alpha value is -0.690. The molecule has 0 spiro atoms. The molecule has 0 aliphatic carbocycles. The third kappa shape index (κ3) is 4.53. The molecule has 2 unspecified atom stereocenters. The Morgan fingerprint density at radius 2 is 2.22 bits per heavy atom. The van der Waals surface area contributed by atoms with Gasteiger partial charge in [-0.05, 0) is 19.9 Å². The number of β-amino-alcohol motifs (C(OH)–C–C–N with tert-alkyl or cyclic N) is 1. The lowest BCUT2D eigenvalue weighted by Crippen LogP contribution is -2.37. The number of methoxy groups -OCH3 is 1. The zero-order valence-electron chi connectivity index (χ0n) is 11.1. The second-order valence-electron chi connectivity index (χ2n) is 5.07. The van der Waals surface area contributed by atoms with Crippen molar-refractivity contribution < 1.29 is 24.5 Å². The van der Waals surface area contributed by atoms with Crippen molar-refractivity contribution in [3.05, 3.63) is 0 Å². The van der Waals surface area contributed by atoms with Crippen molar-refractivity contribution in [1.82, 2.24) is 4.90 Å². The van der Waals surface area contributed by atoms with Gasteiger partial charge < -0.3 is 19.7 Å². The summed E-state index contributed by atoms with van der Waals surface area (Å²) in [5.41, 5.74) is -0.684. The maximum atomic E-state index is 11.1. The normalized spacial score (nSPS) is 26.4. The molecule has 2 atom stereocenters. The van der Waals surface area contributed by atoms with Crippen LogP contribution in [0.25, 0.3) is 0 Å². The van der Waals surface area contributed by atoms with E-state index in [1.807, 2.05) is 4.90 Å². The summed E-state index contributed by atoms with van der Waals surface area (Å²) in [6.07, 6.45) is 0.0394. The summed E-state index contributed by atoms with van der Waals surface area (Å²) < 4.78 is 10.1. The molecule has 6 nitrogen and oxygen atoms in total. The average Bonchev–Trinajstić information content (AvgIpc) is 2.68. The maximum Gasteiger partial charge on any atom is 0.310 e. The molecule has 0 aromatic carbocycles. The number of aliphatic carboxylic acids is 1. The van der Waals surface area contributed by atoms with Crippen LogP contribution in [0.2, 0.25) is 0 Å². The number of aliphatic hydroxyl groups excluding tert-OH is 1. The van der Waals surface area contributed by atoms with Crippen LogP contribution in [-0.2, 0) is 14.3 Å². The second kappa shape index (κ2) is 7.04. The third-order valence-corrected chi connectivity index (χ3v) is 3.28. The monoisotopic (exact) mass is 261 g/mol. The van der Waals surface area contributed by atoms with Gasteiger partial charge in [-0.25, -0.2) is 0 Å². The minimum atomic E-state index is -0.768. The summed E-state index contributed by atoms with van der Waals surface area (Å²) in [5.74, 6) is -0.768. The Balaban J connectivity index is 2.22. The first-order valence-electron chi connectivity index (χ1n) is 6.18. The predicted octanol–water partition coefficient (Wildman–Crippen LogP) is -0.193. The molecule has 6 heteroatoms. The Morgan fingerprint density at radius 3 is 2.78 bits per heavy atom. The van der Waals surface area contributed by atoms with Crippen LogP contribution >= 0.6 is 0 Å². The second-order valence-corrected chi connectivity index (χ2v) is 5.07. The van der Waals surface area contributed by atoms with Crippen molar-refractivity contribution in [3.63, 3.8) is 0 Å². The molecule has 18 heavy (non-hydrogen) atoms. The number of aliphatic hydroxyl groups is 1. The van der Waals surface area contributed by atoms with Gasteiger partial charge in [-0.1, -0.05) is 0 Å². The maximum absolute atomic E-state index is 11.1. The van der Waals surface area contributed by atoms with Gasteiger partial charge in [0.2, 0.25) is 0 Å². The number of ether oxygens (including phenoxy) is 2.